The lowest BCUT2D eigenvalue weighted by Gasteiger charge is -2.42. The van der Waals surface area contributed by atoms with Crippen molar-refractivity contribution in [1.82, 2.24) is 5.32 Å². The molecule has 1 aromatic carbocycles. The zero-order valence-corrected chi connectivity index (χ0v) is 11.9. The molecule has 104 valence electrons. The number of nitrogens with one attached hydrogen (secondary N) is 1. The van der Waals surface area contributed by atoms with Gasteiger partial charge in [0.25, 0.3) is 0 Å². The van der Waals surface area contributed by atoms with Crippen LogP contribution in [0.5, 0.6) is 0 Å². The van der Waals surface area contributed by atoms with E-state index in [1.54, 1.807) is 0 Å². The molecule has 1 aromatic rings. The topological polar surface area (TPSA) is 55.1 Å². The molecule has 1 saturated carbocycles. The summed E-state index contributed by atoms with van der Waals surface area (Å²) >= 11 is 0. The number of nitrogens with two attached hydrogens (primary N) is 1. The summed E-state index contributed by atoms with van der Waals surface area (Å²) in [6.07, 6.45) is 4.18. The van der Waals surface area contributed by atoms with Crippen LogP contribution in [0.2, 0.25) is 0 Å². The molecule has 3 N–H and O–H groups in total. The first-order valence-electron chi connectivity index (χ1n) is 7.19. The quantitative estimate of drug-likeness (QED) is 0.874. The van der Waals surface area contributed by atoms with Gasteiger partial charge in [0.05, 0.1) is 0 Å². The third-order valence-corrected chi connectivity index (χ3v) is 4.51. The molecule has 1 aliphatic carbocycles. The Balaban J connectivity index is 2.19. The van der Waals surface area contributed by atoms with E-state index in [9.17, 15) is 4.79 Å². The first-order valence-corrected chi connectivity index (χ1v) is 7.19. The second-order valence-corrected chi connectivity index (χ2v) is 5.76. The van der Waals surface area contributed by atoms with Gasteiger partial charge in [-0.15, -0.1) is 0 Å². The van der Waals surface area contributed by atoms with E-state index in [1.807, 2.05) is 18.2 Å². The fraction of sp³-hybridized carbons (Fsp3) is 0.562. The molecule has 0 radical (unpaired) electrons. The van der Waals surface area contributed by atoms with Crippen molar-refractivity contribution in [1.29, 1.82) is 0 Å². The predicted molar refractivity (Wildman–Crippen MR) is 77.6 cm³/mol. The Morgan fingerprint density at radius 1 is 1.37 bits per heavy atom. The Labute approximate surface area is 115 Å². The molecule has 1 amide bonds. The summed E-state index contributed by atoms with van der Waals surface area (Å²) in [5.41, 5.74) is 6.36. The summed E-state index contributed by atoms with van der Waals surface area (Å²) in [5, 5.41) is 3.52. The zero-order chi connectivity index (χ0) is 13.9. The van der Waals surface area contributed by atoms with E-state index >= 15 is 0 Å². The molecule has 0 spiro atoms. The van der Waals surface area contributed by atoms with Crippen LogP contribution < -0.4 is 11.1 Å². The van der Waals surface area contributed by atoms with Gasteiger partial charge in [0.2, 0.25) is 5.91 Å². The van der Waals surface area contributed by atoms with Gasteiger partial charge in [-0.05, 0) is 31.2 Å². The molecule has 19 heavy (non-hydrogen) atoms. The summed E-state index contributed by atoms with van der Waals surface area (Å²) in [6, 6.07) is 10.3. The molecule has 0 unspecified atom stereocenters. The summed E-state index contributed by atoms with van der Waals surface area (Å²) in [4.78, 5) is 12.0. The SMILES string of the molecule is C[C@H](N[C@@]1(C(N)=O)CCCC[C@@H]1C)c1ccccc1. The van der Waals surface area contributed by atoms with E-state index in [0.29, 0.717) is 5.92 Å². The smallest absolute Gasteiger partial charge is 0.238 e. The minimum absolute atomic E-state index is 0.134. The molecule has 0 aromatic heterocycles. The first kappa shape index (κ1) is 14.1. The highest BCUT2D eigenvalue weighted by Crippen LogP contribution is 2.35. The van der Waals surface area contributed by atoms with Gasteiger partial charge >= 0.3 is 0 Å². The van der Waals surface area contributed by atoms with Crippen LogP contribution in [0.3, 0.4) is 0 Å². The number of rotatable bonds is 4. The lowest BCUT2D eigenvalue weighted by Crippen LogP contribution is -2.61. The van der Waals surface area contributed by atoms with Crippen LogP contribution in [0, 0.1) is 5.92 Å². The minimum Gasteiger partial charge on any atom is -0.368 e. The molecule has 0 bridgehead atoms. The number of hydrogen-bond donors (Lipinski definition) is 2. The predicted octanol–water partition coefficient (Wildman–Crippen LogP) is 2.77. The van der Waals surface area contributed by atoms with E-state index < -0.39 is 5.54 Å². The molecule has 0 saturated heterocycles. The van der Waals surface area contributed by atoms with E-state index in [2.05, 4.69) is 31.3 Å². The molecule has 0 aliphatic heterocycles. The average Bonchev–Trinajstić information content (AvgIpc) is 2.42. The molecular formula is C16H24N2O. The van der Waals surface area contributed by atoms with Crippen LogP contribution in [0.25, 0.3) is 0 Å². The molecule has 1 aliphatic rings. The summed E-state index contributed by atoms with van der Waals surface area (Å²) in [6.45, 7) is 4.23. The Kier molecular flexibility index (Phi) is 4.25. The Morgan fingerprint density at radius 3 is 2.63 bits per heavy atom. The molecule has 1 fully saturated rings. The van der Waals surface area contributed by atoms with Crippen molar-refractivity contribution in [2.75, 3.05) is 0 Å². The number of benzene rings is 1. The van der Waals surface area contributed by atoms with Crippen LogP contribution in [0.15, 0.2) is 30.3 Å². The fourth-order valence-electron chi connectivity index (χ4n) is 3.21. The maximum absolute atomic E-state index is 12.0. The zero-order valence-electron chi connectivity index (χ0n) is 11.9. The van der Waals surface area contributed by atoms with Gasteiger partial charge in [-0.2, -0.15) is 0 Å². The molecule has 3 nitrogen and oxygen atoms in total. The largest absolute Gasteiger partial charge is 0.368 e. The van der Waals surface area contributed by atoms with Crippen molar-refractivity contribution in [3.63, 3.8) is 0 Å². The highest BCUT2D eigenvalue weighted by atomic mass is 16.1. The van der Waals surface area contributed by atoms with Crippen molar-refractivity contribution in [3.05, 3.63) is 35.9 Å². The van der Waals surface area contributed by atoms with Crippen LogP contribution in [0.4, 0.5) is 0 Å². The minimum atomic E-state index is -0.548. The lowest BCUT2D eigenvalue weighted by atomic mass is 9.72. The number of carbonyl (C=O) groups is 1. The third-order valence-electron chi connectivity index (χ3n) is 4.51. The van der Waals surface area contributed by atoms with E-state index in [4.69, 9.17) is 5.73 Å². The first-order chi connectivity index (χ1) is 9.06. The standard InChI is InChI=1S/C16H24N2O/c1-12-8-6-7-11-16(12,15(17)19)18-13(2)14-9-4-3-5-10-14/h3-5,9-10,12-13,18H,6-8,11H2,1-2H3,(H2,17,19)/t12-,13-,16-/m0/s1. The molecule has 3 heteroatoms. The third kappa shape index (κ3) is 2.81. The molecule has 0 heterocycles. The Bertz CT molecular complexity index is 432. The molecule has 2 rings (SSSR count). The average molecular weight is 260 g/mol. The molecule has 3 atom stereocenters. The van der Waals surface area contributed by atoms with E-state index in [-0.39, 0.29) is 11.9 Å². The fourth-order valence-corrected chi connectivity index (χ4v) is 3.21. The van der Waals surface area contributed by atoms with E-state index in [0.717, 1.165) is 19.3 Å². The van der Waals surface area contributed by atoms with Crippen molar-refractivity contribution in [2.45, 2.75) is 51.1 Å². The Morgan fingerprint density at radius 2 is 2.05 bits per heavy atom. The monoisotopic (exact) mass is 260 g/mol. The van der Waals surface area contributed by atoms with Gasteiger partial charge < -0.3 is 5.73 Å². The van der Waals surface area contributed by atoms with Crippen molar-refractivity contribution >= 4 is 5.91 Å². The highest BCUT2D eigenvalue weighted by Gasteiger charge is 2.44. The maximum atomic E-state index is 12.0. The van der Waals surface area contributed by atoms with Gasteiger partial charge in [0.15, 0.2) is 0 Å². The van der Waals surface area contributed by atoms with Crippen LogP contribution >= 0.6 is 0 Å². The van der Waals surface area contributed by atoms with Gasteiger partial charge in [0, 0.05) is 6.04 Å². The van der Waals surface area contributed by atoms with Crippen molar-refractivity contribution < 1.29 is 4.79 Å². The summed E-state index contributed by atoms with van der Waals surface area (Å²) in [7, 11) is 0. The number of hydrogen-bond acceptors (Lipinski definition) is 2. The van der Waals surface area contributed by atoms with Gasteiger partial charge in [-0.1, -0.05) is 50.1 Å². The lowest BCUT2D eigenvalue weighted by molar-refractivity contribution is -0.128. The number of carbonyl (C=O) groups excluding carboxylic acids is 1. The van der Waals surface area contributed by atoms with Crippen LogP contribution in [-0.2, 0) is 4.79 Å². The van der Waals surface area contributed by atoms with Crippen LogP contribution in [-0.4, -0.2) is 11.4 Å². The van der Waals surface area contributed by atoms with Crippen molar-refractivity contribution in [3.8, 4) is 0 Å². The molecular weight excluding hydrogens is 236 g/mol. The highest BCUT2D eigenvalue weighted by molar-refractivity contribution is 5.85. The maximum Gasteiger partial charge on any atom is 0.238 e. The Hall–Kier alpha value is -1.35. The second kappa shape index (κ2) is 5.74. The normalized spacial score (nSPS) is 28.8. The van der Waals surface area contributed by atoms with Crippen LogP contribution in [0.1, 0.15) is 51.1 Å². The van der Waals surface area contributed by atoms with Gasteiger partial charge in [-0.3, -0.25) is 10.1 Å². The number of amides is 1. The van der Waals surface area contributed by atoms with Gasteiger partial charge in [-0.25, -0.2) is 0 Å². The second-order valence-electron chi connectivity index (χ2n) is 5.76. The summed E-state index contributed by atoms with van der Waals surface area (Å²) < 4.78 is 0. The number of primary amides is 1. The summed E-state index contributed by atoms with van der Waals surface area (Å²) in [5.74, 6) is 0.0902. The van der Waals surface area contributed by atoms with E-state index in [1.165, 1.54) is 12.0 Å². The van der Waals surface area contributed by atoms with Gasteiger partial charge in [0.1, 0.15) is 5.54 Å². The van der Waals surface area contributed by atoms with Crippen molar-refractivity contribution in [2.24, 2.45) is 11.7 Å².